The first-order chi connectivity index (χ1) is 13.5. The monoisotopic (exact) mass is 416 g/mol. The third-order valence-corrected chi connectivity index (χ3v) is 5.91. The second kappa shape index (κ2) is 7.84. The lowest BCUT2D eigenvalue weighted by molar-refractivity contribution is 0.102. The van der Waals surface area contributed by atoms with Crippen molar-refractivity contribution in [1.82, 2.24) is 10.0 Å². The highest BCUT2D eigenvalue weighted by molar-refractivity contribution is 7.89. The van der Waals surface area contributed by atoms with Crippen LogP contribution in [0, 0.1) is 0 Å². The first-order valence-corrected chi connectivity index (χ1v) is 10.6. The summed E-state index contributed by atoms with van der Waals surface area (Å²) in [5, 5.41) is 5.50. The van der Waals surface area contributed by atoms with E-state index >= 15 is 0 Å². The lowest BCUT2D eigenvalue weighted by Crippen LogP contribution is -2.40. The minimum atomic E-state index is -3.66. The molecule has 0 aromatic heterocycles. The summed E-state index contributed by atoms with van der Waals surface area (Å²) in [4.78, 5) is 26.0. The van der Waals surface area contributed by atoms with Gasteiger partial charge in [0, 0.05) is 35.6 Å². The van der Waals surface area contributed by atoms with E-state index in [2.05, 4.69) is 15.4 Å². The first kappa shape index (κ1) is 20.8. The Morgan fingerprint density at radius 1 is 1.10 bits per heavy atom. The summed E-state index contributed by atoms with van der Waals surface area (Å²) < 4.78 is 27.3. The van der Waals surface area contributed by atoms with Gasteiger partial charge in [-0.3, -0.25) is 9.69 Å². The van der Waals surface area contributed by atoms with E-state index in [0.29, 0.717) is 30.0 Å². The van der Waals surface area contributed by atoms with Crippen molar-refractivity contribution in [3.05, 3.63) is 54.1 Å². The molecule has 3 amide bonds. The van der Waals surface area contributed by atoms with Crippen LogP contribution in [0.3, 0.4) is 0 Å². The van der Waals surface area contributed by atoms with Crippen molar-refractivity contribution in [3.8, 4) is 0 Å². The first-order valence-electron chi connectivity index (χ1n) is 9.16. The molecule has 0 aliphatic carbocycles. The predicted octanol–water partition coefficient (Wildman–Crippen LogP) is 2.55. The van der Waals surface area contributed by atoms with E-state index in [1.165, 1.54) is 24.3 Å². The van der Waals surface area contributed by atoms with Crippen molar-refractivity contribution < 1.29 is 18.0 Å². The van der Waals surface area contributed by atoms with Crippen LogP contribution in [0.15, 0.2) is 53.4 Å². The van der Waals surface area contributed by atoms with Gasteiger partial charge in [0.25, 0.3) is 5.91 Å². The van der Waals surface area contributed by atoms with Crippen molar-refractivity contribution in [2.75, 3.05) is 23.3 Å². The van der Waals surface area contributed by atoms with Crippen molar-refractivity contribution in [3.63, 3.8) is 0 Å². The van der Waals surface area contributed by atoms with Gasteiger partial charge in [0.15, 0.2) is 0 Å². The molecule has 3 N–H and O–H groups in total. The summed E-state index contributed by atoms with van der Waals surface area (Å²) in [6, 6.07) is 12.5. The molecule has 1 heterocycles. The third kappa shape index (κ3) is 5.12. The Bertz CT molecular complexity index is 1030. The Kier molecular flexibility index (Phi) is 5.63. The summed E-state index contributed by atoms with van der Waals surface area (Å²) in [7, 11) is -3.66. The standard InChI is InChI=1S/C20H24N4O4S/c1-20(2,3)23-29(27,28)17-9-7-14(8-10-17)18(25)22-15-5-4-6-16(13-15)24-12-11-21-19(24)26/h4-10,13,23H,11-12H2,1-3H3,(H,21,26)(H,22,25). The van der Waals surface area contributed by atoms with E-state index in [0.717, 1.165) is 0 Å². The lowest BCUT2D eigenvalue weighted by Gasteiger charge is -2.20. The normalized spacial score (nSPS) is 14.6. The molecule has 2 aromatic carbocycles. The highest BCUT2D eigenvalue weighted by Gasteiger charge is 2.23. The SMILES string of the molecule is CC(C)(C)NS(=O)(=O)c1ccc(C(=O)Nc2cccc(N3CCNC3=O)c2)cc1. The largest absolute Gasteiger partial charge is 0.336 e. The van der Waals surface area contributed by atoms with Crippen molar-refractivity contribution in [1.29, 1.82) is 0 Å². The number of urea groups is 1. The number of carbonyl (C=O) groups is 2. The van der Waals surface area contributed by atoms with Gasteiger partial charge >= 0.3 is 6.03 Å². The summed E-state index contributed by atoms with van der Waals surface area (Å²) in [5.74, 6) is -0.374. The van der Waals surface area contributed by atoms with Gasteiger partial charge in [-0.1, -0.05) is 6.07 Å². The second-order valence-corrected chi connectivity index (χ2v) is 9.45. The van der Waals surface area contributed by atoms with Crippen LogP contribution in [0.25, 0.3) is 0 Å². The van der Waals surface area contributed by atoms with E-state index in [1.807, 2.05) is 0 Å². The molecule has 1 aliphatic heterocycles. The Morgan fingerprint density at radius 2 is 1.79 bits per heavy atom. The van der Waals surface area contributed by atoms with E-state index in [4.69, 9.17) is 0 Å². The molecule has 0 spiro atoms. The summed E-state index contributed by atoms with van der Waals surface area (Å²) in [6.07, 6.45) is 0. The Morgan fingerprint density at radius 3 is 2.38 bits per heavy atom. The van der Waals surface area contributed by atoms with Crippen molar-refractivity contribution >= 4 is 33.3 Å². The van der Waals surface area contributed by atoms with E-state index in [1.54, 1.807) is 49.9 Å². The van der Waals surface area contributed by atoms with E-state index in [-0.39, 0.29) is 16.8 Å². The molecule has 9 heteroatoms. The van der Waals surface area contributed by atoms with Crippen LogP contribution in [-0.4, -0.2) is 39.0 Å². The number of nitrogens with zero attached hydrogens (tertiary/aromatic N) is 1. The molecule has 3 rings (SSSR count). The highest BCUT2D eigenvalue weighted by Crippen LogP contribution is 2.22. The van der Waals surface area contributed by atoms with Gasteiger partial charge in [-0.05, 0) is 63.2 Å². The average molecular weight is 417 g/mol. The molecule has 0 bridgehead atoms. The smallest absolute Gasteiger partial charge is 0.321 e. The molecule has 0 saturated carbocycles. The van der Waals surface area contributed by atoms with Gasteiger partial charge in [-0.15, -0.1) is 0 Å². The molecule has 8 nitrogen and oxygen atoms in total. The van der Waals surface area contributed by atoms with Gasteiger partial charge in [-0.2, -0.15) is 0 Å². The third-order valence-electron chi connectivity index (χ3n) is 4.14. The zero-order valence-electron chi connectivity index (χ0n) is 16.5. The molecule has 0 atom stereocenters. The topological polar surface area (TPSA) is 108 Å². The number of carbonyl (C=O) groups excluding carboxylic acids is 2. The minimum absolute atomic E-state index is 0.0889. The number of benzene rings is 2. The van der Waals surface area contributed by atoms with Crippen LogP contribution >= 0.6 is 0 Å². The van der Waals surface area contributed by atoms with Crippen LogP contribution in [0.5, 0.6) is 0 Å². The van der Waals surface area contributed by atoms with Crippen molar-refractivity contribution in [2.45, 2.75) is 31.2 Å². The van der Waals surface area contributed by atoms with Gasteiger partial charge in [0.2, 0.25) is 10.0 Å². The molecule has 1 fully saturated rings. The molecule has 154 valence electrons. The fraction of sp³-hybridized carbons (Fsp3) is 0.300. The summed E-state index contributed by atoms with van der Waals surface area (Å²) in [6.45, 7) is 6.41. The van der Waals surface area contributed by atoms with Gasteiger partial charge < -0.3 is 10.6 Å². The highest BCUT2D eigenvalue weighted by atomic mass is 32.2. The maximum absolute atomic E-state index is 12.5. The fourth-order valence-electron chi connectivity index (χ4n) is 2.92. The molecular formula is C20H24N4O4S. The maximum Gasteiger partial charge on any atom is 0.321 e. The molecule has 29 heavy (non-hydrogen) atoms. The molecule has 2 aromatic rings. The van der Waals surface area contributed by atoms with Crippen LogP contribution < -0.4 is 20.3 Å². The van der Waals surface area contributed by atoms with Crippen LogP contribution in [0.2, 0.25) is 0 Å². The predicted molar refractivity (Wildman–Crippen MR) is 112 cm³/mol. The molecule has 0 radical (unpaired) electrons. The van der Waals surface area contributed by atoms with Crippen molar-refractivity contribution in [2.24, 2.45) is 0 Å². The maximum atomic E-state index is 12.5. The van der Waals surface area contributed by atoms with Crippen LogP contribution in [-0.2, 0) is 10.0 Å². The van der Waals surface area contributed by atoms with Gasteiger partial charge in [0.1, 0.15) is 0 Å². The van der Waals surface area contributed by atoms with Crippen LogP contribution in [0.4, 0.5) is 16.2 Å². The average Bonchev–Trinajstić information content (AvgIpc) is 3.06. The molecule has 1 saturated heterocycles. The Labute approximate surface area is 170 Å². The van der Waals surface area contributed by atoms with Crippen LogP contribution in [0.1, 0.15) is 31.1 Å². The van der Waals surface area contributed by atoms with E-state index in [9.17, 15) is 18.0 Å². The Balaban J connectivity index is 1.72. The number of hydrogen-bond donors (Lipinski definition) is 3. The second-order valence-electron chi connectivity index (χ2n) is 7.77. The van der Waals surface area contributed by atoms with Gasteiger partial charge in [0.05, 0.1) is 4.90 Å². The summed E-state index contributed by atoms with van der Waals surface area (Å²) in [5.41, 5.74) is 0.946. The number of anilines is 2. The quantitative estimate of drug-likeness (QED) is 0.696. The fourth-order valence-corrected chi connectivity index (χ4v) is 4.34. The van der Waals surface area contributed by atoms with E-state index < -0.39 is 15.6 Å². The zero-order valence-corrected chi connectivity index (χ0v) is 17.3. The number of rotatable bonds is 5. The Hall–Kier alpha value is -2.91. The number of sulfonamides is 1. The number of hydrogen-bond acceptors (Lipinski definition) is 4. The minimum Gasteiger partial charge on any atom is -0.336 e. The molecule has 0 unspecified atom stereocenters. The number of nitrogens with one attached hydrogen (secondary N) is 3. The van der Waals surface area contributed by atoms with Gasteiger partial charge in [-0.25, -0.2) is 17.9 Å². The summed E-state index contributed by atoms with van der Waals surface area (Å²) >= 11 is 0. The molecule has 1 aliphatic rings. The lowest BCUT2D eigenvalue weighted by atomic mass is 10.1. The zero-order chi connectivity index (χ0) is 21.2. The molecular weight excluding hydrogens is 392 g/mol. The number of amides is 3.